The quantitative estimate of drug-likeness (QED) is 0.783. The molecule has 0 saturated heterocycles. The average molecular weight is 311 g/mol. The van der Waals surface area contributed by atoms with E-state index in [9.17, 15) is 14.0 Å². The van der Waals surface area contributed by atoms with Crippen LogP contribution in [0, 0.1) is 19.7 Å². The summed E-state index contributed by atoms with van der Waals surface area (Å²) in [4.78, 5) is 24.2. The van der Waals surface area contributed by atoms with Gasteiger partial charge in [-0.2, -0.15) is 0 Å². The third-order valence-electron chi connectivity index (χ3n) is 3.80. The highest BCUT2D eigenvalue weighted by Crippen LogP contribution is 2.20. The number of nitrogens with one attached hydrogen (secondary N) is 1. The second-order valence-electron chi connectivity index (χ2n) is 5.33. The van der Waals surface area contributed by atoms with Gasteiger partial charge in [0, 0.05) is 5.69 Å². The van der Waals surface area contributed by atoms with Crippen molar-refractivity contribution in [2.45, 2.75) is 13.8 Å². The maximum atomic E-state index is 13.3. The fourth-order valence-corrected chi connectivity index (χ4v) is 2.35. The second-order valence-corrected chi connectivity index (χ2v) is 5.33. The Bertz CT molecular complexity index is 976. The number of benzene rings is 2. The van der Waals surface area contributed by atoms with E-state index < -0.39 is 17.3 Å². The van der Waals surface area contributed by atoms with Crippen molar-refractivity contribution in [2.75, 3.05) is 5.32 Å². The van der Waals surface area contributed by atoms with Crippen LogP contribution in [0.1, 0.15) is 21.7 Å². The fraction of sp³-hybridized carbons (Fsp3) is 0.111. The zero-order valence-corrected chi connectivity index (χ0v) is 12.6. The van der Waals surface area contributed by atoms with E-state index in [1.807, 2.05) is 26.0 Å². The lowest BCUT2D eigenvalue weighted by atomic mass is 10.1. The summed E-state index contributed by atoms with van der Waals surface area (Å²) < 4.78 is 18.4. The lowest BCUT2D eigenvalue weighted by Crippen LogP contribution is -2.15. The van der Waals surface area contributed by atoms with Crippen molar-refractivity contribution in [3.8, 4) is 0 Å². The molecule has 4 nitrogen and oxygen atoms in total. The molecule has 2 aromatic carbocycles. The maximum Gasteiger partial charge on any atom is 0.344 e. The third kappa shape index (κ3) is 2.85. The number of rotatable bonds is 2. The molecular formula is C18H14FNO3. The van der Waals surface area contributed by atoms with Crippen LogP contribution < -0.4 is 10.9 Å². The van der Waals surface area contributed by atoms with Crippen LogP contribution in [-0.2, 0) is 0 Å². The van der Waals surface area contributed by atoms with E-state index >= 15 is 0 Å². The molecule has 23 heavy (non-hydrogen) atoms. The molecule has 0 atom stereocenters. The smallest absolute Gasteiger partial charge is 0.344 e. The molecule has 0 radical (unpaired) electrons. The molecular weight excluding hydrogens is 297 g/mol. The van der Waals surface area contributed by atoms with E-state index in [0.717, 1.165) is 11.1 Å². The maximum absolute atomic E-state index is 13.3. The van der Waals surface area contributed by atoms with Gasteiger partial charge in [0.25, 0.3) is 5.91 Å². The molecule has 1 heterocycles. The van der Waals surface area contributed by atoms with Crippen molar-refractivity contribution in [3.05, 3.63) is 75.6 Å². The number of carbonyl (C=O) groups is 1. The highest BCUT2D eigenvalue weighted by molar-refractivity contribution is 6.04. The molecule has 0 bridgehead atoms. The highest BCUT2D eigenvalue weighted by atomic mass is 19.1. The Balaban J connectivity index is 2.01. The first-order valence-electron chi connectivity index (χ1n) is 7.06. The number of halogens is 1. The molecule has 3 aromatic rings. The summed E-state index contributed by atoms with van der Waals surface area (Å²) in [5.74, 6) is -1.19. The first kappa shape index (κ1) is 15.0. The standard InChI is InChI=1S/C18H14FNO3/c1-10-4-3-5-15(11(10)2)20-17(21)16-9-12-8-13(19)6-7-14(12)18(22)23-16/h3-9H,1-2H3,(H,20,21). The van der Waals surface area contributed by atoms with Gasteiger partial charge in [-0.05, 0) is 60.7 Å². The Labute approximate surface area is 131 Å². The number of hydrogen-bond donors (Lipinski definition) is 1. The average Bonchev–Trinajstić information content (AvgIpc) is 2.51. The summed E-state index contributed by atoms with van der Waals surface area (Å²) in [7, 11) is 0. The van der Waals surface area contributed by atoms with Crippen molar-refractivity contribution >= 4 is 22.4 Å². The van der Waals surface area contributed by atoms with Crippen LogP contribution in [0.25, 0.3) is 10.8 Å². The molecule has 1 N–H and O–H groups in total. The van der Waals surface area contributed by atoms with E-state index in [2.05, 4.69) is 5.32 Å². The number of fused-ring (bicyclic) bond motifs is 1. The van der Waals surface area contributed by atoms with E-state index in [-0.39, 0.29) is 11.1 Å². The summed E-state index contributed by atoms with van der Waals surface area (Å²) in [6.45, 7) is 3.82. The van der Waals surface area contributed by atoms with Crippen molar-refractivity contribution in [2.24, 2.45) is 0 Å². The highest BCUT2D eigenvalue weighted by Gasteiger charge is 2.14. The number of aryl methyl sites for hydroxylation is 1. The van der Waals surface area contributed by atoms with Crippen molar-refractivity contribution in [3.63, 3.8) is 0 Å². The van der Waals surface area contributed by atoms with Crippen LogP contribution in [0.2, 0.25) is 0 Å². The Hall–Kier alpha value is -2.95. The Morgan fingerprint density at radius 2 is 1.91 bits per heavy atom. The van der Waals surface area contributed by atoms with Gasteiger partial charge in [-0.15, -0.1) is 0 Å². The summed E-state index contributed by atoms with van der Waals surface area (Å²) in [5, 5.41) is 3.27. The van der Waals surface area contributed by atoms with Gasteiger partial charge in [-0.3, -0.25) is 4.79 Å². The Kier molecular flexibility index (Phi) is 3.70. The van der Waals surface area contributed by atoms with Crippen LogP contribution >= 0.6 is 0 Å². The number of hydrogen-bond acceptors (Lipinski definition) is 3. The fourth-order valence-electron chi connectivity index (χ4n) is 2.35. The molecule has 116 valence electrons. The van der Waals surface area contributed by atoms with Gasteiger partial charge in [0.15, 0.2) is 5.76 Å². The number of carbonyl (C=O) groups excluding carboxylic acids is 1. The zero-order valence-electron chi connectivity index (χ0n) is 12.6. The van der Waals surface area contributed by atoms with Crippen LogP contribution in [0.15, 0.2) is 51.7 Å². The van der Waals surface area contributed by atoms with Crippen LogP contribution in [0.3, 0.4) is 0 Å². The molecule has 3 rings (SSSR count). The monoisotopic (exact) mass is 311 g/mol. The van der Waals surface area contributed by atoms with Crippen LogP contribution in [-0.4, -0.2) is 5.91 Å². The molecule has 0 saturated carbocycles. The van der Waals surface area contributed by atoms with E-state index in [1.165, 1.54) is 24.3 Å². The normalized spacial score (nSPS) is 10.7. The van der Waals surface area contributed by atoms with Gasteiger partial charge in [-0.1, -0.05) is 12.1 Å². The molecule has 0 aliphatic carbocycles. The minimum Gasteiger partial charge on any atom is -0.417 e. The Morgan fingerprint density at radius 1 is 1.13 bits per heavy atom. The second kappa shape index (κ2) is 5.68. The number of anilines is 1. The first-order chi connectivity index (χ1) is 11.0. The molecule has 0 aliphatic rings. The largest absolute Gasteiger partial charge is 0.417 e. The van der Waals surface area contributed by atoms with Gasteiger partial charge < -0.3 is 9.73 Å². The summed E-state index contributed by atoms with van der Waals surface area (Å²) in [5.41, 5.74) is 1.92. The van der Waals surface area contributed by atoms with Gasteiger partial charge in [0.1, 0.15) is 5.82 Å². The molecule has 0 spiro atoms. The molecule has 5 heteroatoms. The summed E-state index contributed by atoms with van der Waals surface area (Å²) in [6, 6.07) is 10.6. The van der Waals surface area contributed by atoms with E-state index in [1.54, 1.807) is 6.07 Å². The predicted octanol–water partition coefficient (Wildman–Crippen LogP) is 3.80. The number of amides is 1. The zero-order chi connectivity index (χ0) is 16.6. The van der Waals surface area contributed by atoms with Crippen molar-refractivity contribution in [1.29, 1.82) is 0 Å². The molecule has 0 unspecified atom stereocenters. The molecule has 0 aliphatic heterocycles. The minimum absolute atomic E-state index is 0.158. The minimum atomic E-state index is -0.673. The summed E-state index contributed by atoms with van der Waals surface area (Å²) in [6.07, 6.45) is 0. The predicted molar refractivity (Wildman–Crippen MR) is 86.3 cm³/mol. The van der Waals surface area contributed by atoms with Crippen molar-refractivity contribution in [1.82, 2.24) is 0 Å². The lowest BCUT2D eigenvalue weighted by molar-refractivity contribution is 0.0993. The van der Waals surface area contributed by atoms with Crippen molar-refractivity contribution < 1.29 is 13.6 Å². The van der Waals surface area contributed by atoms with Gasteiger partial charge >= 0.3 is 5.63 Å². The van der Waals surface area contributed by atoms with Gasteiger partial charge in [0.05, 0.1) is 5.39 Å². The van der Waals surface area contributed by atoms with E-state index in [4.69, 9.17) is 4.42 Å². The van der Waals surface area contributed by atoms with E-state index in [0.29, 0.717) is 11.1 Å². The SMILES string of the molecule is Cc1cccc(NC(=O)c2cc3cc(F)ccc3c(=O)o2)c1C. The Morgan fingerprint density at radius 3 is 2.70 bits per heavy atom. The lowest BCUT2D eigenvalue weighted by Gasteiger charge is -2.10. The molecule has 1 amide bonds. The van der Waals surface area contributed by atoms with Gasteiger partial charge in [-0.25, -0.2) is 9.18 Å². The molecule has 0 fully saturated rings. The summed E-state index contributed by atoms with van der Waals surface area (Å²) >= 11 is 0. The third-order valence-corrected chi connectivity index (χ3v) is 3.80. The topological polar surface area (TPSA) is 59.3 Å². The van der Waals surface area contributed by atoms with Crippen LogP contribution in [0.4, 0.5) is 10.1 Å². The van der Waals surface area contributed by atoms with Gasteiger partial charge in [0.2, 0.25) is 0 Å². The van der Waals surface area contributed by atoms with Crippen LogP contribution in [0.5, 0.6) is 0 Å². The molecule has 1 aromatic heterocycles. The first-order valence-corrected chi connectivity index (χ1v) is 7.06.